The highest BCUT2D eigenvalue weighted by Gasteiger charge is 2.36. The summed E-state index contributed by atoms with van der Waals surface area (Å²) in [6, 6.07) is 0. The molecule has 0 aromatic rings. The minimum atomic E-state index is -3.14. The van der Waals surface area contributed by atoms with Gasteiger partial charge in [0.1, 0.15) is 5.67 Å². The Morgan fingerprint density at radius 2 is 1.93 bits per heavy atom. The lowest BCUT2D eigenvalue weighted by atomic mass is 9.94. The van der Waals surface area contributed by atoms with E-state index in [4.69, 9.17) is 0 Å². The normalized spacial score (nSPS) is 23.6. The highest BCUT2D eigenvalue weighted by molar-refractivity contribution is 7.88. The first-order valence-electron chi connectivity index (χ1n) is 4.66. The van der Waals surface area contributed by atoms with Crippen molar-refractivity contribution in [1.29, 1.82) is 0 Å². The van der Waals surface area contributed by atoms with Crippen LogP contribution in [0.1, 0.15) is 12.8 Å². The molecule has 0 saturated carbocycles. The maximum absolute atomic E-state index is 13.9. The van der Waals surface area contributed by atoms with E-state index in [-0.39, 0.29) is 25.9 Å². The van der Waals surface area contributed by atoms with Gasteiger partial charge in [-0.2, -0.15) is 0 Å². The number of nitrogens with zero attached hydrogens (tertiary/aromatic N) is 1. The quantitative estimate of drug-likeness (QED) is 0.732. The van der Waals surface area contributed by atoms with Gasteiger partial charge in [0.2, 0.25) is 10.0 Å². The van der Waals surface area contributed by atoms with E-state index in [1.807, 2.05) is 0 Å². The topological polar surface area (TPSA) is 49.4 Å². The molecule has 0 spiro atoms. The van der Waals surface area contributed by atoms with Crippen LogP contribution in [0.5, 0.6) is 0 Å². The van der Waals surface area contributed by atoms with Crippen molar-refractivity contribution in [3.8, 4) is 0 Å². The van der Waals surface area contributed by atoms with Crippen LogP contribution in [-0.2, 0) is 10.0 Å². The minimum absolute atomic E-state index is 0.279. The van der Waals surface area contributed by atoms with Crippen LogP contribution in [0.25, 0.3) is 0 Å². The van der Waals surface area contributed by atoms with Gasteiger partial charge in [-0.15, -0.1) is 0 Å². The fourth-order valence-electron chi connectivity index (χ4n) is 1.71. The van der Waals surface area contributed by atoms with Crippen LogP contribution in [0.15, 0.2) is 0 Å². The molecule has 1 aliphatic heterocycles. The summed E-state index contributed by atoms with van der Waals surface area (Å²) in [5, 5.41) is 2.79. The van der Waals surface area contributed by atoms with E-state index in [0.717, 1.165) is 6.26 Å². The average Bonchev–Trinajstić information content (AvgIpc) is 2.03. The molecule has 4 nitrogen and oxygen atoms in total. The third-order valence-electron chi connectivity index (χ3n) is 2.58. The van der Waals surface area contributed by atoms with Gasteiger partial charge in [0.15, 0.2) is 0 Å². The SMILES string of the molecule is CNCC1(F)CCN(S(C)(=O)=O)CC1. The minimum Gasteiger partial charge on any atom is -0.317 e. The summed E-state index contributed by atoms with van der Waals surface area (Å²) >= 11 is 0. The van der Waals surface area contributed by atoms with E-state index in [1.165, 1.54) is 4.31 Å². The summed E-state index contributed by atoms with van der Waals surface area (Å²) in [5.74, 6) is 0. The van der Waals surface area contributed by atoms with Crippen molar-refractivity contribution in [2.75, 3.05) is 32.9 Å². The zero-order valence-electron chi connectivity index (χ0n) is 8.59. The first-order chi connectivity index (χ1) is 6.37. The van der Waals surface area contributed by atoms with Gasteiger partial charge in [0.05, 0.1) is 6.26 Å². The van der Waals surface area contributed by atoms with Crippen molar-refractivity contribution in [2.45, 2.75) is 18.5 Å². The molecule has 0 atom stereocenters. The third kappa shape index (κ3) is 2.90. The second-order valence-electron chi connectivity index (χ2n) is 3.84. The Kier molecular flexibility index (Phi) is 3.49. The van der Waals surface area contributed by atoms with E-state index in [0.29, 0.717) is 6.54 Å². The average molecular weight is 224 g/mol. The molecule has 1 fully saturated rings. The van der Waals surface area contributed by atoms with Gasteiger partial charge in [0.25, 0.3) is 0 Å². The number of rotatable bonds is 3. The van der Waals surface area contributed by atoms with Gasteiger partial charge in [0, 0.05) is 19.6 Å². The lowest BCUT2D eigenvalue weighted by Crippen LogP contribution is -2.48. The number of hydrogen-bond donors (Lipinski definition) is 1. The summed E-state index contributed by atoms with van der Waals surface area (Å²) in [5.41, 5.74) is -1.24. The van der Waals surface area contributed by atoms with Crippen molar-refractivity contribution in [2.24, 2.45) is 0 Å². The van der Waals surface area contributed by atoms with Gasteiger partial charge in [-0.1, -0.05) is 0 Å². The van der Waals surface area contributed by atoms with E-state index < -0.39 is 15.7 Å². The van der Waals surface area contributed by atoms with Crippen LogP contribution >= 0.6 is 0 Å². The Morgan fingerprint density at radius 1 is 1.43 bits per heavy atom. The number of nitrogens with one attached hydrogen (secondary N) is 1. The van der Waals surface area contributed by atoms with Crippen molar-refractivity contribution in [1.82, 2.24) is 9.62 Å². The smallest absolute Gasteiger partial charge is 0.211 e. The molecule has 1 rings (SSSR count). The maximum Gasteiger partial charge on any atom is 0.211 e. The van der Waals surface area contributed by atoms with E-state index in [1.54, 1.807) is 7.05 Å². The molecule has 0 aliphatic carbocycles. The molecule has 0 amide bonds. The van der Waals surface area contributed by atoms with Gasteiger partial charge in [-0.05, 0) is 19.9 Å². The predicted octanol–water partition coefficient (Wildman–Crippen LogP) is -0.0305. The number of hydrogen-bond acceptors (Lipinski definition) is 3. The van der Waals surface area contributed by atoms with Crippen LogP contribution in [0.2, 0.25) is 0 Å². The lowest BCUT2D eigenvalue weighted by Gasteiger charge is -2.34. The molecule has 6 heteroatoms. The molecule has 0 aromatic heterocycles. The second-order valence-corrected chi connectivity index (χ2v) is 5.83. The molecule has 0 unspecified atom stereocenters. The van der Waals surface area contributed by atoms with Crippen LogP contribution in [0.3, 0.4) is 0 Å². The Labute approximate surface area is 84.5 Å². The molecular formula is C8H17FN2O2S. The molecule has 0 radical (unpaired) electrons. The number of halogens is 1. The van der Waals surface area contributed by atoms with E-state index >= 15 is 0 Å². The monoisotopic (exact) mass is 224 g/mol. The molecule has 1 aliphatic rings. The molecule has 0 bridgehead atoms. The summed E-state index contributed by atoms with van der Waals surface area (Å²) < 4.78 is 37.5. The zero-order chi connectivity index (χ0) is 10.8. The Morgan fingerprint density at radius 3 is 2.29 bits per heavy atom. The molecule has 0 aromatic carbocycles. The fourth-order valence-corrected chi connectivity index (χ4v) is 2.56. The Balaban J connectivity index is 2.54. The first kappa shape index (κ1) is 11.9. The second kappa shape index (κ2) is 4.12. The molecule has 1 heterocycles. The molecule has 1 saturated heterocycles. The number of alkyl halides is 1. The van der Waals surface area contributed by atoms with E-state index in [2.05, 4.69) is 5.32 Å². The predicted molar refractivity (Wildman–Crippen MR) is 53.4 cm³/mol. The zero-order valence-corrected chi connectivity index (χ0v) is 9.40. The van der Waals surface area contributed by atoms with E-state index in [9.17, 15) is 12.8 Å². The first-order valence-corrected chi connectivity index (χ1v) is 6.51. The van der Waals surface area contributed by atoms with Gasteiger partial charge >= 0.3 is 0 Å². The van der Waals surface area contributed by atoms with Crippen LogP contribution in [0, 0.1) is 0 Å². The highest BCUT2D eigenvalue weighted by Crippen LogP contribution is 2.26. The number of piperidine rings is 1. The van der Waals surface area contributed by atoms with Crippen LogP contribution in [0.4, 0.5) is 4.39 Å². The summed E-state index contributed by atoms with van der Waals surface area (Å²) in [7, 11) is -1.45. The maximum atomic E-state index is 13.9. The van der Waals surface area contributed by atoms with Gasteiger partial charge in [-0.3, -0.25) is 0 Å². The lowest BCUT2D eigenvalue weighted by molar-refractivity contribution is 0.0901. The van der Waals surface area contributed by atoms with Crippen molar-refractivity contribution < 1.29 is 12.8 Å². The molecule has 14 heavy (non-hydrogen) atoms. The highest BCUT2D eigenvalue weighted by atomic mass is 32.2. The fraction of sp³-hybridized carbons (Fsp3) is 1.00. The van der Waals surface area contributed by atoms with Crippen molar-refractivity contribution in [3.63, 3.8) is 0 Å². The van der Waals surface area contributed by atoms with Crippen molar-refractivity contribution >= 4 is 10.0 Å². The summed E-state index contributed by atoms with van der Waals surface area (Å²) in [6.45, 7) is 0.874. The molecule has 1 N–H and O–H groups in total. The largest absolute Gasteiger partial charge is 0.317 e. The molecular weight excluding hydrogens is 207 g/mol. The number of sulfonamides is 1. The van der Waals surface area contributed by atoms with Crippen molar-refractivity contribution in [3.05, 3.63) is 0 Å². The molecule has 84 valence electrons. The standard InChI is InChI=1S/C8H17FN2O2S/c1-10-7-8(9)3-5-11(6-4-8)14(2,12)13/h10H,3-7H2,1-2H3. The van der Waals surface area contributed by atoms with Gasteiger partial charge in [-0.25, -0.2) is 17.1 Å². The Bertz CT molecular complexity index is 284. The Hall–Kier alpha value is -0.200. The summed E-state index contributed by atoms with van der Waals surface area (Å²) in [6.07, 6.45) is 1.72. The van der Waals surface area contributed by atoms with Gasteiger partial charge < -0.3 is 5.32 Å². The van der Waals surface area contributed by atoms with Crippen LogP contribution in [-0.4, -0.2) is 51.3 Å². The summed E-state index contributed by atoms with van der Waals surface area (Å²) in [4.78, 5) is 0. The van der Waals surface area contributed by atoms with Crippen LogP contribution < -0.4 is 5.32 Å². The third-order valence-corrected chi connectivity index (χ3v) is 3.88.